The van der Waals surface area contributed by atoms with Gasteiger partial charge in [-0.2, -0.15) is 0 Å². The molecule has 0 saturated carbocycles. The second-order valence-electron chi connectivity index (χ2n) is 5.89. The zero-order chi connectivity index (χ0) is 18.9. The van der Waals surface area contributed by atoms with E-state index in [9.17, 15) is 9.59 Å². The van der Waals surface area contributed by atoms with Gasteiger partial charge in [0.15, 0.2) is 6.10 Å². The topological polar surface area (TPSA) is 55.8 Å². The Morgan fingerprint density at radius 1 is 1.00 bits per heavy atom. The van der Waals surface area contributed by atoms with Gasteiger partial charge in [0.05, 0.1) is 13.5 Å². The van der Waals surface area contributed by atoms with E-state index in [1.165, 1.54) is 7.11 Å². The number of likely N-dealkylation sites (N-methyl/N-ethyl adjacent to an activating group) is 1. The van der Waals surface area contributed by atoms with Gasteiger partial charge in [-0.1, -0.05) is 42.5 Å². The molecule has 138 valence electrons. The van der Waals surface area contributed by atoms with E-state index in [0.29, 0.717) is 18.8 Å². The highest BCUT2D eigenvalue weighted by atomic mass is 16.5. The molecule has 2 aromatic carbocycles. The Morgan fingerprint density at radius 3 is 2.19 bits per heavy atom. The third kappa shape index (κ3) is 5.34. The first-order valence-electron chi connectivity index (χ1n) is 8.73. The minimum absolute atomic E-state index is 0.150. The van der Waals surface area contributed by atoms with Gasteiger partial charge in [-0.05, 0) is 37.1 Å². The van der Waals surface area contributed by atoms with Gasteiger partial charge in [0.1, 0.15) is 5.75 Å². The lowest BCUT2D eigenvalue weighted by Gasteiger charge is -2.24. The van der Waals surface area contributed by atoms with Gasteiger partial charge in [-0.15, -0.1) is 0 Å². The number of benzene rings is 2. The van der Waals surface area contributed by atoms with Crippen molar-refractivity contribution < 1.29 is 19.1 Å². The summed E-state index contributed by atoms with van der Waals surface area (Å²) in [5.74, 6) is 0.152. The normalized spacial score (nSPS) is 11.5. The highest BCUT2D eigenvalue weighted by Gasteiger charge is 2.21. The summed E-state index contributed by atoms with van der Waals surface area (Å²) in [5.41, 5.74) is 2.22. The van der Waals surface area contributed by atoms with Crippen LogP contribution < -0.4 is 4.74 Å². The summed E-state index contributed by atoms with van der Waals surface area (Å²) >= 11 is 0. The maximum Gasteiger partial charge on any atom is 0.307 e. The summed E-state index contributed by atoms with van der Waals surface area (Å²) in [5, 5.41) is 0. The highest BCUT2D eigenvalue weighted by Crippen LogP contribution is 2.22. The number of amides is 1. The van der Waals surface area contributed by atoms with E-state index in [1.807, 2.05) is 61.5 Å². The number of carbonyl (C=O) groups excluding carboxylic acids is 2. The van der Waals surface area contributed by atoms with E-state index in [-0.39, 0.29) is 18.3 Å². The Balaban J connectivity index is 1.96. The van der Waals surface area contributed by atoms with Crippen LogP contribution in [0.4, 0.5) is 0 Å². The largest absolute Gasteiger partial charge is 0.481 e. The third-order valence-corrected chi connectivity index (χ3v) is 4.13. The molecule has 0 heterocycles. The first-order valence-corrected chi connectivity index (χ1v) is 8.73. The summed E-state index contributed by atoms with van der Waals surface area (Å²) in [6.45, 7) is 4.42. The average Bonchev–Trinajstić information content (AvgIpc) is 2.69. The Morgan fingerprint density at radius 2 is 1.62 bits per heavy atom. The molecule has 1 amide bonds. The van der Waals surface area contributed by atoms with Crippen molar-refractivity contribution in [3.05, 3.63) is 54.6 Å². The number of hydrogen-bond donors (Lipinski definition) is 0. The van der Waals surface area contributed by atoms with E-state index in [1.54, 1.807) is 11.8 Å². The van der Waals surface area contributed by atoms with Crippen LogP contribution in [0.15, 0.2) is 54.6 Å². The van der Waals surface area contributed by atoms with E-state index in [2.05, 4.69) is 4.74 Å². The van der Waals surface area contributed by atoms with Gasteiger partial charge in [0.2, 0.25) is 0 Å². The van der Waals surface area contributed by atoms with Crippen LogP contribution in [-0.4, -0.2) is 43.1 Å². The molecule has 0 N–H and O–H groups in total. The quantitative estimate of drug-likeness (QED) is 0.680. The Kier molecular flexibility index (Phi) is 7.21. The van der Waals surface area contributed by atoms with Crippen molar-refractivity contribution in [1.29, 1.82) is 0 Å². The fourth-order valence-corrected chi connectivity index (χ4v) is 2.62. The van der Waals surface area contributed by atoms with Gasteiger partial charge < -0.3 is 14.4 Å². The zero-order valence-electron chi connectivity index (χ0n) is 15.5. The maximum atomic E-state index is 12.5. The first kappa shape index (κ1) is 19.5. The number of methoxy groups -OCH3 is 1. The monoisotopic (exact) mass is 355 g/mol. The van der Waals surface area contributed by atoms with Crippen molar-refractivity contribution >= 4 is 11.9 Å². The van der Waals surface area contributed by atoms with E-state index >= 15 is 0 Å². The SMILES string of the molecule is CCN(CCC(=O)OC)C(=O)C(C)Oc1ccc(-c2ccccc2)cc1. The van der Waals surface area contributed by atoms with Crippen molar-refractivity contribution in [2.24, 2.45) is 0 Å². The highest BCUT2D eigenvalue weighted by molar-refractivity contribution is 5.81. The molecule has 1 unspecified atom stereocenters. The van der Waals surface area contributed by atoms with Gasteiger partial charge in [-0.3, -0.25) is 9.59 Å². The maximum absolute atomic E-state index is 12.5. The van der Waals surface area contributed by atoms with Gasteiger partial charge in [-0.25, -0.2) is 0 Å². The number of esters is 1. The zero-order valence-corrected chi connectivity index (χ0v) is 15.5. The molecule has 2 rings (SSSR count). The standard InChI is InChI=1S/C21H25NO4/c1-4-22(15-14-20(23)25-3)21(24)16(2)26-19-12-10-18(11-13-19)17-8-6-5-7-9-17/h5-13,16H,4,14-15H2,1-3H3. The molecular weight excluding hydrogens is 330 g/mol. The van der Waals surface area contributed by atoms with Crippen LogP contribution in [0.25, 0.3) is 11.1 Å². The Hall–Kier alpha value is -2.82. The van der Waals surface area contributed by atoms with Crippen molar-refractivity contribution in [2.75, 3.05) is 20.2 Å². The minimum Gasteiger partial charge on any atom is -0.481 e. The predicted octanol–water partition coefficient (Wildman–Crippen LogP) is 3.53. The van der Waals surface area contributed by atoms with Crippen LogP contribution in [0, 0.1) is 0 Å². The van der Waals surface area contributed by atoms with Crippen molar-refractivity contribution in [3.8, 4) is 16.9 Å². The molecule has 2 aromatic rings. The molecule has 26 heavy (non-hydrogen) atoms. The third-order valence-electron chi connectivity index (χ3n) is 4.13. The molecule has 0 aliphatic rings. The van der Waals surface area contributed by atoms with Gasteiger partial charge in [0.25, 0.3) is 5.91 Å². The Labute approximate surface area is 154 Å². The van der Waals surface area contributed by atoms with E-state index < -0.39 is 6.10 Å². The lowest BCUT2D eigenvalue weighted by molar-refractivity contribution is -0.143. The number of nitrogens with zero attached hydrogens (tertiary/aromatic N) is 1. The summed E-state index contributed by atoms with van der Waals surface area (Å²) in [4.78, 5) is 25.4. The fourth-order valence-electron chi connectivity index (χ4n) is 2.62. The summed E-state index contributed by atoms with van der Waals surface area (Å²) in [6.07, 6.45) is -0.454. The van der Waals surface area contributed by atoms with Crippen LogP contribution in [-0.2, 0) is 14.3 Å². The molecule has 0 saturated heterocycles. The van der Waals surface area contributed by atoms with Gasteiger partial charge in [0, 0.05) is 13.1 Å². The molecule has 5 nitrogen and oxygen atoms in total. The smallest absolute Gasteiger partial charge is 0.307 e. The molecule has 0 aromatic heterocycles. The molecular formula is C21H25NO4. The average molecular weight is 355 g/mol. The minimum atomic E-state index is -0.629. The Bertz CT molecular complexity index is 713. The van der Waals surface area contributed by atoms with Crippen molar-refractivity contribution in [1.82, 2.24) is 4.90 Å². The molecule has 1 atom stereocenters. The fraction of sp³-hybridized carbons (Fsp3) is 0.333. The second-order valence-corrected chi connectivity index (χ2v) is 5.89. The summed E-state index contributed by atoms with van der Waals surface area (Å²) in [6, 6.07) is 17.7. The predicted molar refractivity (Wildman–Crippen MR) is 101 cm³/mol. The van der Waals surface area contributed by atoms with Gasteiger partial charge >= 0.3 is 5.97 Å². The summed E-state index contributed by atoms with van der Waals surface area (Å²) in [7, 11) is 1.34. The van der Waals surface area contributed by atoms with E-state index in [0.717, 1.165) is 11.1 Å². The molecule has 0 spiro atoms. The molecule has 0 bridgehead atoms. The van der Waals surface area contributed by atoms with Crippen LogP contribution >= 0.6 is 0 Å². The van der Waals surface area contributed by atoms with Crippen LogP contribution in [0.2, 0.25) is 0 Å². The lowest BCUT2D eigenvalue weighted by atomic mass is 10.1. The lowest BCUT2D eigenvalue weighted by Crippen LogP contribution is -2.41. The van der Waals surface area contributed by atoms with Crippen molar-refractivity contribution in [2.45, 2.75) is 26.4 Å². The number of rotatable bonds is 8. The molecule has 0 radical (unpaired) electrons. The molecule has 0 fully saturated rings. The molecule has 0 aliphatic carbocycles. The first-order chi connectivity index (χ1) is 12.5. The van der Waals surface area contributed by atoms with Crippen LogP contribution in [0.5, 0.6) is 5.75 Å². The van der Waals surface area contributed by atoms with E-state index in [4.69, 9.17) is 4.74 Å². The van der Waals surface area contributed by atoms with Crippen molar-refractivity contribution in [3.63, 3.8) is 0 Å². The van der Waals surface area contributed by atoms with Crippen LogP contribution in [0.3, 0.4) is 0 Å². The molecule has 0 aliphatic heterocycles. The number of ether oxygens (including phenoxy) is 2. The number of hydrogen-bond acceptors (Lipinski definition) is 4. The second kappa shape index (κ2) is 9.61. The van der Waals surface area contributed by atoms with Crippen LogP contribution in [0.1, 0.15) is 20.3 Å². The number of carbonyl (C=O) groups is 2. The molecule has 5 heteroatoms. The summed E-state index contributed by atoms with van der Waals surface area (Å²) < 4.78 is 10.4.